The lowest BCUT2D eigenvalue weighted by atomic mass is 9.79. The van der Waals surface area contributed by atoms with Crippen LogP contribution in [0.1, 0.15) is 206 Å². The van der Waals surface area contributed by atoms with Gasteiger partial charge < -0.3 is 83.3 Å². The summed E-state index contributed by atoms with van der Waals surface area (Å²) in [4.78, 5) is 92.4. The largest absolute Gasteiger partial charge is 0.492 e. The van der Waals surface area contributed by atoms with Gasteiger partial charge in [-0.25, -0.2) is 62.3 Å². The molecule has 2 unspecified atom stereocenters. The van der Waals surface area contributed by atoms with E-state index in [0.717, 1.165) is 87.2 Å². The molecule has 0 saturated carbocycles. The molecule has 29 nitrogen and oxygen atoms in total. The van der Waals surface area contributed by atoms with Crippen molar-refractivity contribution in [1.29, 1.82) is 0 Å². The molecule has 2 atom stereocenters. The molecule has 6 aromatic heterocycles. The van der Waals surface area contributed by atoms with Gasteiger partial charge in [0, 0.05) is 135 Å². The number of benzene rings is 2. The number of anilines is 5. The number of aryl methyl sites for hydroxylation is 2. The Balaban J connectivity index is 0.000000226. The number of hydrogen-bond acceptors (Lipinski definition) is 25. The van der Waals surface area contributed by atoms with Gasteiger partial charge in [-0.3, -0.25) is 9.97 Å². The Kier molecular flexibility index (Phi) is 39.1. The van der Waals surface area contributed by atoms with Crippen molar-refractivity contribution in [2.45, 2.75) is 237 Å². The Morgan fingerprint density at radius 3 is 1.53 bits per heavy atom. The highest BCUT2D eigenvalue weighted by atomic mass is 79.9. The summed E-state index contributed by atoms with van der Waals surface area (Å²) in [5.41, 5.74) is 13.0. The third kappa shape index (κ3) is 32.3. The maximum absolute atomic E-state index is 14.8. The predicted octanol–water partition coefficient (Wildman–Crippen LogP) is 20.9. The van der Waals surface area contributed by atoms with E-state index in [4.69, 9.17) is 60.2 Å². The van der Waals surface area contributed by atoms with Gasteiger partial charge in [0.05, 0.1) is 48.1 Å². The maximum atomic E-state index is 14.8. The topological polar surface area (TPSA) is 323 Å². The van der Waals surface area contributed by atoms with Crippen LogP contribution in [0.25, 0.3) is 28.1 Å². The Hall–Kier alpha value is -10.6. The summed E-state index contributed by atoms with van der Waals surface area (Å²) in [6.07, 6.45) is 14.1. The quantitative estimate of drug-likeness (QED) is 0.0650. The minimum atomic E-state index is -0.656. The molecule has 0 spiro atoms. The first kappa shape index (κ1) is 109. The summed E-state index contributed by atoms with van der Waals surface area (Å²) >= 11 is 8.99. The van der Waals surface area contributed by atoms with E-state index in [1.165, 1.54) is 12.3 Å². The first-order valence-corrected chi connectivity index (χ1v) is 45.2. The summed E-state index contributed by atoms with van der Waals surface area (Å²) in [6.45, 7) is 51.9. The van der Waals surface area contributed by atoms with Crippen molar-refractivity contribution < 1.29 is 75.2 Å². The number of fused-ring (bicyclic) bond motifs is 2. The second kappa shape index (κ2) is 47.5. The lowest BCUT2D eigenvalue weighted by Gasteiger charge is -2.34. The maximum Gasteiger partial charge on any atom is 0.492 e. The van der Waals surface area contributed by atoms with Gasteiger partial charge >= 0.3 is 31.5 Å². The minimum Gasteiger partial charge on any atom is -0.490 e. The van der Waals surface area contributed by atoms with Crippen molar-refractivity contribution in [2.75, 3.05) is 106 Å². The van der Waals surface area contributed by atoms with Gasteiger partial charge in [0.1, 0.15) is 64.4 Å². The number of nitrogen functional groups attached to an aromatic ring is 1. The Labute approximate surface area is 802 Å². The van der Waals surface area contributed by atoms with Crippen LogP contribution in [0.2, 0.25) is 5.28 Å². The highest BCUT2D eigenvalue weighted by Crippen LogP contribution is 2.43. The zero-order valence-corrected chi connectivity index (χ0v) is 83.3. The first-order valence-electron chi connectivity index (χ1n) is 44.1. The number of halogens is 6. The SMILES string of the molecule is C.CC(C)(C)OC(=O)N1CC=C(B2OC(C)(C)C(C)(C)O2)C1.CC(C)(C)OC(=O)N1CCC(c2ccc(N)nc2)C1.CC(C)N1CCOc2c(F)cc(-c3nc(Cl)ncc3F)cc21.CC(C)N1CCOc2ccc(-c3nc(Nc4ccc(C5CCN(C(=O)OC(C)(C)C)C5)cn4)ncc3F)cc21.CCO.Cc1ccc(Br)cn1.Cc1ccc(C2=CCN(C(=O)OC(C)(C)C)C2)cn1.Cl. The molecular formula is C97H133BBrCl2F3N16O13. The minimum absolute atomic E-state index is 0. The average Bonchev–Trinajstić information content (AvgIpc) is 1.73. The number of nitrogens with two attached hydrogens (primary N) is 1. The van der Waals surface area contributed by atoms with E-state index in [9.17, 15) is 32.3 Å². The number of aromatic nitrogens is 8. The standard InChI is InChI=1S/C29H35FN6O3.C15H26BNO4.C15H14ClF2N3O.C15H20N2O2.C14H21N3O2.C6H6BrN.C2H6O.CH4.ClH/c1-18(2)36-12-13-38-24-8-6-19(14-23(24)36)26-22(30)16-32-27(34-26)33-25-9-7-20(15-31-25)21-10-11-35(17-21)28(37)39-29(3,4)5;1-13(2,3)19-12(18)17-9-8-11(10-17)16-20-14(4,5)15(6,7)21-16;1-8(2)21-3-4-22-14-10(17)5-9(6-12(14)21)13-11(18)7-19-15(16)20-13;1-11-5-6-12(9-16-11)13-7-8-17(10-13)14(18)19-15(2,3)4;1-14(2,3)19-13(18)17-7-6-11(9-17)10-4-5-12(15)16-8-10;1-5-2-3-6(7)4-8-5;1-2-3;;/h6-9,14-16,18,21H,10-13,17H2,1-5H3,(H,31,32,33,34);8H,9-10H2,1-7H3;5-8H,3-4H2,1-2H3;5-7,9H,8,10H2,1-4H3;4-5,8,11H,6-7,9H2,1-3H3,(H2,15,16);2-4H,1H3;3H,2H2,1H3;1H4;1H. The van der Waals surface area contributed by atoms with Gasteiger partial charge in [0.2, 0.25) is 11.2 Å². The van der Waals surface area contributed by atoms with E-state index >= 15 is 0 Å². The zero-order valence-electron chi connectivity index (χ0n) is 80.1. The number of likely N-dealkylation sites (tertiary alicyclic amines) is 2. The normalized spacial score (nSPS) is 16.8. The van der Waals surface area contributed by atoms with E-state index in [1.807, 2.05) is 216 Å². The Morgan fingerprint density at radius 1 is 0.564 bits per heavy atom. The molecular weight excluding hydrogens is 1820 g/mol. The summed E-state index contributed by atoms with van der Waals surface area (Å²) in [6, 6.07) is 24.5. The van der Waals surface area contributed by atoms with Gasteiger partial charge in [-0.15, -0.1) is 12.4 Å². The van der Waals surface area contributed by atoms with Gasteiger partial charge in [-0.1, -0.05) is 37.8 Å². The predicted molar refractivity (Wildman–Crippen MR) is 522 cm³/mol. The van der Waals surface area contributed by atoms with Gasteiger partial charge in [0.25, 0.3) is 0 Å². The smallest absolute Gasteiger partial charge is 0.490 e. The summed E-state index contributed by atoms with van der Waals surface area (Å²) in [5.74, 6) is 1.08. The number of aliphatic hydroxyl groups excluding tert-OH is 1. The molecule has 15 rings (SSSR count). The fraction of sp³-hybridized carbons (Fsp3) is 0.505. The zero-order chi connectivity index (χ0) is 96.4. The molecule has 8 aromatic rings. The van der Waals surface area contributed by atoms with E-state index in [0.29, 0.717) is 99.9 Å². The number of carbonyl (C=O) groups is 4. The molecule has 0 bridgehead atoms. The number of pyridine rings is 4. The van der Waals surface area contributed by atoms with E-state index < -0.39 is 39.9 Å². The molecule has 4 amide bonds. The van der Waals surface area contributed by atoms with Crippen molar-refractivity contribution in [2.24, 2.45) is 0 Å². The highest BCUT2D eigenvalue weighted by Gasteiger charge is 2.53. The Bertz CT molecular complexity index is 5200. The molecule has 133 heavy (non-hydrogen) atoms. The summed E-state index contributed by atoms with van der Waals surface area (Å²) < 4.78 is 89.0. The van der Waals surface area contributed by atoms with Crippen LogP contribution in [0.15, 0.2) is 138 Å². The second-order valence-corrected chi connectivity index (χ2v) is 39.1. The van der Waals surface area contributed by atoms with Crippen LogP contribution in [0.3, 0.4) is 0 Å². The Morgan fingerprint density at radius 2 is 1.04 bits per heavy atom. The van der Waals surface area contributed by atoms with Crippen LogP contribution in [0, 0.1) is 31.3 Å². The van der Waals surface area contributed by atoms with Crippen molar-refractivity contribution in [3.63, 3.8) is 0 Å². The summed E-state index contributed by atoms with van der Waals surface area (Å²) in [5, 5.41) is 10.6. The van der Waals surface area contributed by atoms with Crippen molar-refractivity contribution in [3.8, 4) is 34.0 Å². The molecule has 7 aliphatic rings. The molecule has 36 heteroatoms. The van der Waals surface area contributed by atoms with Crippen LogP contribution in [-0.4, -0.2) is 227 Å². The fourth-order valence-corrected chi connectivity index (χ4v) is 14.5. The highest BCUT2D eigenvalue weighted by molar-refractivity contribution is 9.10. The van der Waals surface area contributed by atoms with Gasteiger partial charge in [0.15, 0.2) is 23.2 Å². The molecule has 2 aromatic carbocycles. The molecule has 3 saturated heterocycles. The van der Waals surface area contributed by atoms with E-state index in [-0.39, 0.29) is 116 Å². The average molecular weight is 1950 g/mol. The van der Waals surface area contributed by atoms with Crippen LogP contribution in [0.4, 0.5) is 61.3 Å². The van der Waals surface area contributed by atoms with Crippen LogP contribution in [0.5, 0.6) is 11.5 Å². The number of nitrogens with zero attached hydrogens (tertiary/aromatic N) is 14. The molecule has 13 heterocycles. The molecule has 724 valence electrons. The van der Waals surface area contributed by atoms with Gasteiger partial charge in [-0.2, -0.15) is 0 Å². The molecule has 0 radical (unpaired) electrons. The molecule has 7 aliphatic heterocycles. The third-order valence-electron chi connectivity index (χ3n) is 21.4. The third-order valence-corrected chi connectivity index (χ3v) is 22.0. The summed E-state index contributed by atoms with van der Waals surface area (Å²) in [7, 11) is -0.387. The number of ether oxygens (including phenoxy) is 6. The van der Waals surface area contributed by atoms with Crippen molar-refractivity contribution in [3.05, 3.63) is 189 Å². The lowest BCUT2D eigenvalue weighted by Crippen LogP contribution is -2.41. The van der Waals surface area contributed by atoms with E-state index in [2.05, 4.69) is 85.9 Å². The number of rotatable bonds is 10. The lowest BCUT2D eigenvalue weighted by molar-refractivity contribution is 0.00578. The first-order chi connectivity index (χ1) is 61.4. The van der Waals surface area contributed by atoms with Gasteiger partial charge in [-0.05, 0) is 288 Å². The van der Waals surface area contributed by atoms with E-state index in [1.54, 1.807) is 57.2 Å². The number of nitrogens with one attached hydrogen (secondary N) is 1. The molecule has 4 N–H and O–H groups in total. The van der Waals surface area contributed by atoms with Crippen molar-refractivity contribution in [1.82, 2.24) is 59.5 Å². The molecule has 3 fully saturated rings. The van der Waals surface area contributed by atoms with Crippen LogP contribution >= 0.6 is 39.9 Å². The number of amides is 4. The second-order valence-electron chi connectivity index (χ2n) is 37.9. The fourth-order valence-electron chi connectivity index (χ4n) is 14.2. The monoisotopic (exact) mass is 1950 g/mol. The number of hydrogen-bond donors (Lipinski definition) is 3. The van der Waals surface area contributed by atoms with Crippen LogP contribution in [-0.2, 0) is 28.3 Å². The van der Waals surface area contributed by atoms with Crippen molar-refractivity contribution >= 4 is 106 Å². The van der Waals surface area contributed by atoms with Crippen LogP contribution < -0.4 is 30.3 Å². The number of carbonyl (C=O) groups excluding carboxylic acids is 4. The molecule has 0 aliphatic carbocycles. The number of aliphatic hydroxyl groups is 1.